The minimum absolute atomic E-state index is 0.0564. The van der Waals surface area contributed by atoms with Gasteiger partial charge in [0, 0.05) is 7.11 Å². The molecule has 4 atom stereocenters. The van der Waals surface area contributed by atoms with E-state index in [1.54, 1.807) is 7.11 Å². The average Bonchev–Trinajstić information content (AvgIpc) is 3.20. The number of rotatable bonds is 13. The molecular formula is C30H45NO6S2. The van der Waals surface area contributed by atoms with Crippen LogP contribution in [0.1, 0.15) is 76.7 Å². The van der Waals surface area contributed by atoms with Crippen LogP contribution in [0.25, 0.3) is 0 Å². The van der Waals surface area contributed by atoms with Crippen molar-refractivity contribution >= 4 is 36.3 Å². The van der Waals surface area contributed by atoms with E-state index in [9.17, 15) is 14.7 Å². The highest BCUT2D eigenvalue weighted by Crippen LogP contribution is 2.39. The quantitative estimate of drug-likeness (QED) is 0.276. The fraction of sp³-hybridized carbons (Fsp3) is 0.733. The molecule has 1 N–H and O–H groups in total. The summed E-state index contributed by atoms with van der Waals surface area (Å²) in [6.45, 7) is 3.13. The zero-order valence-corrected chi connectivity index (χ0v) is 25.1. The number of carboxylic acid groups (broad SMARTS) is 1. The molecule has 0 bridgehead atoms. The van der Waals surface area contributed by atoms with Crippen molar-refractivity contribution in [2.45, 2.75) is 93.6 Å². The first-order valence-electron chi connectivity index (χ1n) is 14.6. The number of carbonyl (C=O) groups excluding carboxylic acids is 1. The van der Waals surface area contributed by atoms with Crippen LogP contribution in [-0.4, -0.2) is 64.8 Å². The molecule has 1 amide bonds. The first-order chi connectivity index (χ1) is 18.9. The van der Waals surface area contributed by atoms with Crippen LogP contribution in [0.15, 0.2) is 18.2 Å². The molecule has 2 aliphatic carbocycles. The van der Waals surface area contributed by atoms with E-state index in [1.165, 1.54) is 68.0 Å². The Morgan fingerprint density at radius 2 is 1.72 bits per heavy atom. The van der Waals surface area contributed by atoms with Crippen molar-refractivity contribution in [2.75, 3.05) is 26.9 Å². The largest absolute Gasteiger partial charge is 0.489 e. The van der Waals surface area contributed by atoms with Gasteiger partial charge in [-0.05, 0) is 54.7 Å². The molecule has 1 aliphatic heterocycles. The Hall–Kier alpha value is -1.58. The van der Waals surface area contributed by atoms with E-state index < -0.39 is 10.7 Å². The summed E-state index contributed by atoms with van der Waals surface area (Å²) in [5, 5.41) is 8.80. The number of hydrogen-bond acceptors (Lipinski definition) is 7. The third kappa shape index (κ3) is 8.46. The highest BCUT2D eigenvalue weighted by molar-refractivity contribution is 8.11. The van der Waals surface area contributed by atoms with E-state index in [2.05, 4.69) is 19.6 Å². The second-order valence-corrected chi connectivity index (χ2v) is 13.6. The Bertz CT molecular complexity index is 949. The summed E-state index contributed by atoms with van der Waals surface area (Å²) in [5.74, 6) is 1.85. The Labute approximate surface area is 243 Å². The molecule has 3 unspecified atom stereocenters. The lowest BCUT2D eigenvalue weighted by atomic mass is 9.81. The van der Waals surface area contributed by atoms with E-state index in [1.807, 2.05) is 18.2 Å². The number of aliphatic carboxylic acids is 1. The molecule has 2 saturated carbocycles. The predicted octanol–water partition coefficient (Wildman–Crippen LogP) is 6.04. The van der Waals surface area contributed by atoms with Crippen LogP contribution in [0, 0.1) is 17.8 Å². The van der Waals surface area contributed by atoms with Crippen molar-refractivity contribution in [3.8, 4) is 11.5 Å². The standard InChI is InChI=1S/C30H45NO6S2/c1-20(22-9-5-3-6-10-22)18-36-24-14-13-21(16-27-29(34)31(17-28(32)33)30(38)39-27)15-25(24)37-26(19-35-2)23-11-7-4-8-12-23/h13-15,20,22-23,26-27,30,38H,3-12,16-19H2,1-2H3,(H,32,33)/t20-,26?,27?,30?/m0/s1. The summed E-state index contributed by atoms with van der Waals surface area (Å²) in [6.07, 6.45) is 12.9. The maximum atomic E-state index is 12.9. The Morgan fingerprint density at radius 3 is 2.36 bits per heavy atom. The van der Waals surface area contributed by atoms with Gasteiger partial charge in [-0.2, -0.15) is 0 Å². The molecule has 3 aliphatic rings. The summed E-state index contributed by atoms with van der Waals surface area (Å²) < 4.78 is 18.2. The van der Waals surface area contributed by atoms with Crippen LogP contribution in [0.4, 0.5) is 0 Å². The number of carboxylic acids is 1. The number of hydrogen-bond donors (Lipinski definition) is 2. The summed E-state index contributed by atoms with van der Waals surface area (Å²) in [5.41, 5.74) is 0.959. The van der Waals surface area contributed by atoms with Gasteiger partial charge >= 0.3 is 5.97 Å². The van der Waals surface area contributed by atoms with Crippen LogP contribution in [0.3, 0.4) is 0 Å². The molecular weight excluding hydrogens is 534 g/mol. The number of benzene rings is 1. The zero-order chi connectivity index (χ0) is 27.8. The lowest BCUT2D eigenvalue weighted by Gasteiger charge is -2.31. The van der Waals surface area contributed by atoms with Crippen LogP contribution in [-0.2, 0) is 20.7 Å². The minimum atomic E-state index is -1.03. The van der Waals surface area contributed by atoms with E-state index in [0.29, 0.717) is 43.1 Å². The second-order valence-electron chi connectivity index (χ2n) is 11.5. The highest BCUT2D eigenvalue weighted by Gasteiger charge is 2.39. The smallest absolute Gasteiger partial charge is 0.323 e. The zero-order valence-electron chi connectivity index (χ0n) is 23.4. The SMILES string of the molecule is COCC(Oc1cc(CC2SC(S)N(CC(=O)O)C2=O)ccc1OC[C@H](C)C1CCCCC1)C1CCCCC1. The van der Waals surface area contributed by atoms with Gasteiger partial charge in [-0.15, -0.1) is 24.4 Å². The van der Waals surface area contributed by atoms with Crippen molar-refractivity contribution < 1.29 is 28.9 Å². The second kappa shape index (κ2) is 14.9. The number of nitrogens with zero attached hydrogens (tertiary/aromatic N) is 1. The van der Waals surface area contributed by atoms with Gasteiger partial charge in [0.15, 0.2) is 11.5 Å². The molecule has 1 heterocycles. The first kappa shape index (κ1) is 30.4. The molecule has 4 rings (SSSR count). The average molecular weight is 580 g/mol. The van der Waals surface area contributed by atoms with Crippen LogP contribution >= 0.6 is 24.4 Å². The fourth-order valence-electron chi connectivity index (χ4n) is 6.27. The number of ether oxygens (including phenoxy) is 3. The molecule has 39 heavy (non-hydrogen) atoms. The lowest BCUT2D eigenvalue weighted by Crippen LogP contribution is -2.37. The molecule has 9 heteroatoms. The monoisotopic (exact) mass is 579 g/mol. The predicted molar refractivity (Wildman–Crippen MR) is 158 cm³/mol. The molecule has 1 aromatic carbocycles. The first-order valence-corrected chi connectivity index (χ1v) is 16.1. The number of thiol groups is 1. The minimum Gasteiger partial charge on any atom is -0.489 e. The summed E-state index contributed by atoms with van der Waals surface area (Å²) in [4.78, 5) is 25.5. The maximum absolute atomic E-state index is 12.9. The normalized spacial score (nSPS) is 24.5. The summed E-state index contributed by atoms with van der Waals surface area (Å²) in [6, 6.07) is 5.98. The third-order valence-electron chi connectivity index (χ3n) is 8.59. The molecule has 218 valence electrons. The fourth-order valence-corrected chi connectivity index (χ4v) is 8.07. The van der Waals surface area contributed by atoms with Gasteiger partial charge in [0.05, 0.1) is 18.5 Å². The van der Waals surface area contributed by atoms with Gasteiger partial charge in [0.2, 0.25) is 5.91 Å². The topological polar surface area (TPSA) is 85.3 Å². The van der Waals surface area contributed by atoms with Crippen LogP contribution in [0.2, 0.25) is 0 Å². The number of amides is 1. The molecule has 7 nitrogen and oxygen atoms in total. The van der Waals surface area contributed by atoms with Gasteiger partial charge in [-0.3, -0.25) is 9.59 Å². The van der Waals surface area contributed by atoms with E-state index in [-0.39, 0.29) is 23.8 Å². The Balaban J connectivity index is 1.51. The van der Waals surface area contributed by atoms with Gasteiger partial charge in [0.25, 0.3) is 0 Å². The van der Waals surface area contributed by atoms with Crippen molar-refractivity contribution in [1.82, 2.24) is 4.90 Å². The van der Waals surface area contributed by atoms with E-state index >= 15 is 0 Å². The van der Waals surface area contributed by atoms with Crippen molar-refractivity contribution in [2.24, 2.45) is 17.8 Å². The van der Waals surface area contributed by atoms with Gasteiger partial charge < -0.3 is 24.2 Å². The van der Waals surface area contributed by atoms with E-state index in [0.717, 1.165) is 24.2 Å². The number of carbonyl (C=O) groups is 2. The maximum Gasteiger partial charge on any atom is 0.323 e. The molecule has 1 aromatic rings. The molecule has 0 aromatic heterocycles. The summed E-state index contributed by atoms with van der Waals surface area (Å²) >= 11 is 5.84. The van der Waals surface area contributed by atoms with Crippen molar-refractivity contribution in [3.63, 3.8) is 0 Å². The van der Waals surface area contributed by atoms with Gasteiger partial charge in [0.1, 0.15) is 17.4 Å². The molecule has 3 fully saturated rings. The number of thioether (sulfide) groups is 1. The van der Waals surface area contributed by atoms with Crippen molar-refractivity contribution in [1.29, 1.82) is 0 Å². The van der Waals surface area contributed by atoms with Gasteiger partial charge in [-0.25, -0.2) is 0 Å². The van der Waals surface area contributed by atoms with E-state index in [4.69, 9.17) is 14.2 Å². The third-order valence-corrected chi connectivity index (χ3v) is 10.4. The Kier molecular flexibility index (Phi) is 11.6. The Morgan fingerprint density at radius 1 is 1.05 bits per heavy atom. The molecule has 1 saturated heterocycles. The number of methoxy groups -OCH3 is 1. The highest BCUT2D eigenvalue weighted by atomic mass is 32.2. The van der Waals surface area contributed by atoms with Crippen molar-refractivity contribution in [3.05, 3.63) is 23.8 Å². The lowest BCUT2D eigenvalue weighted by molar-refractivity contribution is -0.143. The molecule has 0 spiro atoms. The molecule has 0 radical (unpaired) electrons. The van der Waals surface area contributed by atoms with Gasteiger partial charge in [-0.1, -0.05) is 64.4 Å². The summed E-state index contributed by atoms with van der Waals surface area (Å²) in [7, 11) is 1.72. The van der Waals surface area contributed by atoms with Crippen LogP contribution in [0.5, 0.6) is 11.5 Å². The van der Waals surface area contributed by atoms with Crippen LogP contribution < -0.4 is 9.47 Å².